The Morgan fingerprint density at radius 2 is 1.82 bits per heavy atom. The number of carbonyl (C=O) groups is 2. The number of rotatable bonds is 6. The van der Waals surface area contributed by atoms with Gasteiger partial charge in [0.25, 0.3) is 0 Å². The molecule has 0 spiro atoms. The monoisotopic (exact) mass is 391 g/mol. The highest BCUT2D eigenvalue weighted by atomic mass is 32.1. The van der Waals surface area contributed by atoms with Gasteiger partial charge in [-0.25, -0.2) is 4.98 Å². The predicted molar refractivity (Wildman–Crippen MR) is 115 cm³/mol. The molecule has 0 radical (unpaired) electrons. The van der Waals surface area contributed by atoms with Crippen molar-refractivity contribution in [3.8, 4) is 0 Å². The van der Waals surface area contributed by atoms with Gasteiger partial charge in [0.05, 0.1) is 11.4 Å². The molecular weight excluding hydrogens is 370 g/mol. The van der Waals surface area contributed by atoms with Gasteiger partial charge in [-0.2, -0.15) is 0 Å². The molecule has 2 aromatic carbocycles. The van der Waals surface area contributed by atoms with Gasteiger partial charge >= 0.3 is 0 Å². The first-order chi connectivity index (χ1) is 13.6. The molecule has 1 N–H and O–H groups in total. The first kappa shape index (κ1) is 19.5. The number of aryl methyl sites for hydroxylation is 1. The zero-order valence-electron chi connectivity index (χ0n) is 15.8. The van der Waals surface area contributed by atoms with Crippen molar-refractivity contribution in [2.75, 3.05) is 10.2 Å². The summed E-state index contributed by atoms with van der Waals surface area (Å²) in [5, 5.41) is 5.27. The van der Waals surface area contributed by atoms with Crippen LogP contribution in [0.3, 0.4) is 0 Å². The van der Waals surface area contributed by atoms with Crippen LogP contribution in [0.5, 0.6) is 0 Å². The van der Waals surface area contributed by atoms with Crippen molar-refractivity contribution in [2.24, 2.45) is 0 Å². The fourth-order valence-corrected chi connectivity index (χ4v) is 3.60. The lowest BCUT2D eigenvalue weighted by Crippen LogP contribution is -2.22. The molecule has 0 saturated heterocycles. The maximum absolute atomic E-state index is 12.2. The molecule has 0 unspecified atom stereocenters. The third-order valence-corrected chi connectivity index (χ3v) is 4.94. The quantitative estimate of drug-likeness (QED) is 0.599. The molecule has 6 heteroatoms. The van der Waals surface area contributed by atoms with Gasteiger partial charge in [0.2, 0.25) is 11.8 Å². The second kappa shape index (κ2) is 9.10. The summed E-state index contributed by atoms with van der Waals surface area (Å²) in [6, 6.07) is 17.1. The standard InChI is InChI=1S/C22H21N3O2S/c1-3-17-9-7-8-12-20(17)24-21(27)14-13-18-15-28-22(23-18)25(16(2)26)19-10-5-4-6-11-19/h4-15H,3H2,1-2H3,(H,24,27). The lowest BCUT2D eigenvalue weighted by molar-refractivity contribution is -0.116. The molecule has 0 bridgehead atoms. The number of thiazole rings is 1. The summed E-state index contributed by atoms with van der Waals surface area (Å²) in [6.45, 7) is 3.55. The summed E-state index contributed by atoms with van der Waals surface area (Å²) in [6.07, 6.45) is 3.94. The Hall–Kier alpha value is -3.25. The Balaban J connectivity index is 1.73. The topological polar surface area (TPSA) is 62.3 Å². The molecule has 3 aromatic rings. The van der Waals surface area contributed by atoms with Gasteiger partial charge in [0.15, 0.2) is 5.13 Å². The highest BCUT2D eigenvalue weighted by Gasteiger charge is 2.17. The molecule has 142 valence electrons. The van der Waals surface area contributed by atoms with E-state index in [1.54, 1.807) is 11.0 Å². The molecule has 2 amide bonds. The lowest BCUT2D eigenvalue weighted by atomic mass is 10.1. The molecule has 1 heterocycles. The van der Waals surface area contributed by atoms with Crippen LogP contribution in [0.1, 0.15) is 25.1 Å². The van der Waals surface area contributed by atoms with E-state index in [4.69, 9.17) is 0 Å². The minimum atomic E-state index is -0.220. The Morgan fingerprint density at radius 1 is 1.11 bits per heavy atom. The first-order valence-corrected chi connectivity index (χ1v) is 9.84. The number of hydrogen-bond acceptors (Lipinski definition) is 4. The Kier molecular flexibility index (Phi) is 6.34. The van der Waals surface area contributed by atoms with E-state index in [9.17, 15) is 9.59 Å². The van der Waals surface area contributed by atoms with Gasteiger partial charge in [-0.05, 0) is 36.3 Å². The third kappa shape index (κ3) is 4.72. The predicted octanol–water partition coefficient (Wildman–Crippen LogP) is 5.04. The maximum atomic E-state index is 12.2. The molecule has 28 heavy (non-hydrogen) atoms. The van der Waals surface area contributed by atoms with E-state index in [-0.39, 0.29) is 11.8 Å². The van der Waals surface area contributed by atoms with E-state index in [2.05, 4.69) is 10.3 Å². The third-order valence-electron chi connectivity index (χ3n) is 4.09. The van der Waals surface area contributed by atoms with Crippen LogP contribution < -0.4 is 10.2 Å². The van der Waals surface area contributed by atoms with Crippen molar-refractivity contribution in [1.29, 1.82) is 0 Å². The molecule has 0 atom stereocenters. The van der Waals surface area contributed by atoms with Crippen molar-refractivity contribution >= 4 is 45.7 Å². The van der Waals surface area contributed by atoms with Crippen LogP contribution in [-0.4, -0.2) is 16.8 Å². The van der Waals surface area contributed by atoms with Crippen LogP contribution in [-0.2, 0) is 16.0 Å². The number of carbonyl (C=O) groups excluding carboxylic acids is 2. The number of para-hydroxylation sites is 2. The summed E-state index contributed by atoms with van der Waals surface area (Å²) < 4.78 is 0. The lowest BCUT2D eigenvalue weighted by Gasteiger charge is -2.17. The zero-order valence-corrected chi connectivity index (χ0v) is 16.6. The van der Waals surface area contributed by atoms with E-state index in [0.717, 1.165) is 23.4 Å². The van der Waals surface area contributed by atoms with E-state index >= 15 is 0 Å². The number of amides is 2. The largest absolute Gasteiger partial charge is 0.322 e. The number of nitrogens with zero attached hydrogens (tertiary/aromatic N) is 2. The molecule has 0 saturated carbocycles. The smallest absolute Gasteiger partial charge is 0.248 e. The fourth-order valence-electron chi connectivity index (χ4n) is 2.75. The van der Waals surface area contributed by atoms with Crippen molar-refractivity contribution in [2.45, 2.75) is 20.3 Å². The SMILES string of the molecule is CCc1ccccc1NC(=O)C=Cc1csc(N(C(C)=O)c2ccccc2)n1. The second-order valence-electron chi connectivity index (χ2n) is 6.08. The van der Waals surface area contributed by atoms with Crippen LogP contribution in [0.4, 0.5) is 16.5 Å². The fraction of sp³-hybridized carbons (Fsp3) is 0.136. The molecular formula is C22H21N3O2S. The molecule has 0 aliphatic carbocycles. The van der Waals surface area contributed by atoms with Gasteiger partial charge in [0.1, 0.15) is 0 Å². The summed E-state index contributed by atoms with van der Waals surface area (Å²) in [7, 11) is 0. The number of aromatic nitrogens is 1. The van der Waals surface area contributed by atoms with E-state index in [1.165, 1.54) is 24.3 Å². The van der Waals surface area contributed by atoms with Crippen LogP contribution in [0.15, 0.2) is 66.1 Å². The first-order valence-electron chi connectivity index (χ1n) is 8.96. The minimum absolute atomic E-state index is 0.120. The van der Waals surface area contributed by atoms with Crippen LogP contribution >= 0.6 is 11.3 Å². The number of anilines is 3. The number of benzene rings is 2. The summed E-state index contributed by atoms with van der Waals surface area (Å²) in [5.41, 5.74) is 3.28. The van der Waals surface area contributed by atoms with Gasteiger partial charge in [-0.3, -0.25) is 14.5 Å². The Morgan fingerprint density at radius 3 is 2.54 bits per heavy atom. The highest BCUT2D eigenvalue weighted by Crippen LogP contribution is 2.29. The summed E-state index contributed by atoms with van der Waals surface area (Å²) in [5.74, 6) is -0.341. The maximum Gasteiger partial charge on any atom is 0.248 e. The zero-order chi connectivity index (χ0) is 19.9. The summed E-state index contributed by atoms with van der Waals surface area (Å²) >= 11 is 1.35. The van der Waals surface area contributed by atoms with Crippen molar-refractivity contribution in [1.82, 2.24) is 4.98 Å². The Bertz CT molecular complexity index is 996. The van der Waals surface area contributed by atoms with Crippen LogP contribution in [0.2, 0.25) is 0 Å². The Labute approximate surface area is 168 Å². The van der Waals surface area contributed by atoms with Crippen LogP contribution in [0, 0.1) is 0 Å². The molecule has 3 rings (SSSR count). The molecule has 5 nitrogen and oxygen atoms in total. The van der Waals surface area contributed by atoms with Gasteiger partial charge in [0, 0.05) is 24.1 Å². The summed E-state index contributed by atoms with van der Waals surface area (Å²) in [4.78, 5) is 30.4. The second-order valence-corrected chi connectivity index (χ2v) is 6.91. The minimum Gasteiger partial charge on any atom is -0.322 e. The average Bonchev–Trinajstić information content (AvgIpc) is 3.16. The number of hydrogen-bond donors (Lipinski definition) is 1. The van der Waals surface area contributed by atoms with Crippen molar-refractivity contribution in [3.05, 3.63) is 77.3 Å². The number of nitrogens with one attached hydrogen (secondary N) is 1. The van der Waals surface area contributed by atoms with Gasteiger partial charge in [-0.1, -0.05) is 43.3 Å². The molecule has 1 aromatic heterocycles. The highest BCUT2D eigenvalue weighted by molar-refractivity contribution is 7.14. The van der Waals surface area contributed by atoms with Crippen molar-refractivity contribution < 1.29 is 9.59 Å². The molecule has 0 aliphatic rings. The van der Waals surface area contributed by atoms with Gasteiger partial charge < -0.3 is 5.32 Å². The van der Waals surface area contributed by atoms with E-state index in [0.29, 0.717) is 10.8 Å². The molecule has 0 fully saturated rings. The average molecular weight is 391 g/mol. The van der Waals surface area contributed by atoms with Crippen molar-refractivity contribution in [3.63, 3.8) is 0 Å². The van der Waals surface area contributed by atoms with Crippen LogP contribution in [0.25, 0.3) is 6.08 Å². The van der Waals surface area contributed by atoms with E-state index < -0.39 is 0 Å². The van der Waals surface area contributed by atoms with Gasteiger partial charge in [-0.15, -0.1) is 11.3 Å². The van der Waals surface area contributed by atoms with E-state index in [1.807, 2.05) is 66.9 Å². The normalized spacial score (nSPS) is 10.8. The molecule has 0 aliphatic heterocycles.